The van der Waals surface area contributed by atoms with E-state index in [2.05, 4.69) is 10.5 Å². The summed E-state index contributed by atoms with van der Waals surface area (Å²) in [5.74, 6) is 0.260. The topological polar surface area (TPSA) is 87.8 Å². The third-order valence-electron chi connectivity index (χ3n) is 3.32. The van der Waals surface area contributed by atoms with Gasteiger partial charge in [0.1, 0.15) is 0 Å². The van der Waals surface area contributed by atoms with Crippen LogP contribution in [0.15, 0.2) is 29.4 Å². The number of carbonyl (C=O) groups excluding carboxylic acids is 1. The molecule has 1 aromatic rings. The lowest BCUT2D eigenvalue weighted by Crippen LogP contribution is -2.39. The molecule has 0 atom stereocenters. The number of hydrogen-bond acceptors (Lipinski definition) is 5. The van der Waals surface area contributed by atoms with Crippen molar-refractivity contribution in [1.82, 2.24) is 4.90 Å². The lowest BCUT2D eigenvalue weighted by atomic mass is 10.1. The van der Waals surface area contributed by atoms with Gasteiger partial charge < -0.3 is 4.90 Å². The molecule has 1 aliphatic rings. The third kappa shape index (κ3) is 4.01. The van der Waals surface area contributed by atoms with Gasteiger partial charge in [-0.25, -0.2) is 0 Å². The molecule has 7 heteroatoms. The summed E-state index contributed by atoms with van der Waals surface area (Å²) in [6, 6.07) is 6.04. The highest BCUT2D eigenvalue weighted by molar-refractivity contribution is 6.37. The molecule has 0 aliphatic carbocycles. The number of nitrogens with one attached hydrogen (secondary N) is 1. The normalized spacial score (nSPS) is 15.7. The van der Waals surface area contributed by atoms with Crippen molar-refractivity contribution in [3.8, 4) is 0 Å². The van der Waals surface area contributed by atoms with Crippen LogP contribution in [0.4, 0.5) is 11.4 Å². The number of Topliss-reactive ketones (excluding diaryl/α,β-unsaturated/α-hetero) is 1. The Hall–Kier alpha value is -2.44. The highest BCUT2D eigenvalue weighted by Crippen LogP contribution is 2.17. The monoisotopic (exact) mass is 290 g/mol. The van der Waals surface area contributed by atoms with Crippen LogP contribution in [0.25, 0.3) is 0 Å². The van der Waals surface area contributed by atoms with Crippen LogP contribution in [0.2, 0.25) is 0 Å². The second-order valence-electron chi connectivity index (χ2n) is 4.96. The molecule has 1 aliphatic heterocycles. The number of amidine groups is 1. The van der Waals surface area contributed by atoms with E-state index in [9.17, 15) is 14.9 Å². The average Bonchev–Trinajstić information content (AvgIpc) is 2.48. The number of ketones is 1. The fourth-order valence-corrected chi connectivity index (χ4v) is 2.28. The number of anilines is 1. The van der Waals surface area contributed by atoms with E-state index < -0.39 is 4.92 Å². The summed E-state index contributed by atoms with van der Waals surface area (Å²) in [6.45, 7) is 3.10. The summed E-state index contributed by atoms with van der Waals surface area (Å²) in [6.07, 6.45) is 3.26. The van der Waals surface area contributed by atoms with Crippen LogP contribution in [0.3, 0.4) is 0 Å². The Morgan fingerprint density at radius 2 is 2.05 bits per heavy atom. The van der Waals surface area contributed by atoms with Crippen molar-refractivity contribution in [3.05, 3.63) is 34.4 Å². The molecule has 0 saturated carbocycles. The molecule has 2 rings (SSSR count). The summed E-state index contributed by atoms with van der Waals surface area (Å²) >= 11 is 0. The number of nitrogens with zero attached hydrogens (tertiary/aromatic N) is 3. The Balaban J connectivity index is 2.14. The maximum absolute atomic E-state index is 11.7. The van der Waals surface area contributed by atoms with Gasteiger partial charge in [0, 0.05) is 32.1 Å². The van der Waals surface area contributed by atoms with Crippen LogP contribution in [-0.4, -0.2) is 34.5 Å². The van der Waals surface area contributed by atoms with Crippen LogP contribution in [0.1, 0.15) is 26.2 Å². The zero-order valence-corrected chi connectivity index (χ0v) is 11.9. The first-order valence-electron chi connectivity index (χ1n) is 6.92. The summed E-state index contributed by atoms with van der Waals surface area (Å²) in [7, 11) is 0. The van der Waals surface area contributed by atoms with Gasteiger partial charge in [0.25, 0.3) is 5.69 Å². The van der Waals surface area contributed by atoms with Gasteiger partial charge in [-0.05, 0) is 25.3 Å². The predicted octanol–water partition coefficient (Wildman–Crippen LogP) is 2.40. The number of hydrazone groups is 1. The quantitative estimate of drug-likeness (QED) is 0.398. The maximum Gasteiger partial charge on any atom is 0.271 e. The van der Waals surface area contributed by atoms with E-state index >= 15 is 0 Å². The minimum atomic E-state index is -0.467. The second-order valence-corrected chi connectivity index (χ2v) is 4.96. The zero-order chi connectivity index (χ0) is 15.2. The van der Waals surface area contributed by atoms with Gasteiger partial charge in [0.2, 0.25) is 0 Å². The van der Waals surface area contributed by atoms with Crippen molar-refractivity contribution in [2.24, 2.45) is 5.10 Å². The van der Waals surface area contributed by atoms with E-state index in [1.165, 1.54) is 25.5 Å². The molecule has 112 valence electrons. The minimum absolute atomic E-state index is 0.0162. The van der Waals surface area contributed by atoms with Gasteiger partial charge >= 0.3 is 0 Å². The molecule has 0 aromatic heterocycles. The first-order chi connectivity index (χ1) is 10.1. The molecule has 1 aromatic carbocycles. The van der Waals surface area contributed by atoms with E-state index in [0.29, 0.717) is 11.5 Å². The Kier molecular flexibility index (Phi) is 4.86. The first-order valence-corrected chi connectivity index (χ1v) is 6.92. The molecule has 0 bridgehead atoms. The van der Waals surface area contributed by atoms with Crippen LogP contribution in [0.5, 0.6) is 0 Å². The largest absolute Gasteiger partial charge is 0.352 e. The molecule has 7 nitrogen and oxygen atoms in total. The van der Waals surface area contributed by atoms with Gasteiger partial charge in [-0.2, -0.15) is 5.10 Å². The Labute approximate surface area is 122 Å². The number of non-ortho nitro benzene ring substituents is 1. The lowest BCUT2D eigenvalue weighted by molar-refractivity contribution is -0.384. The molecular weight excluding hydrogens is 272 g/mol. The molecule has 0 unspecified atom stereocenters. The lowest BCUT2D eigenvalue weighted by Gasteiger charge is -2.28. The molecule has 21 heavy (non-hydrogen) atoms. The molecule has 1 fully saturated rings. The fraction of sp³-hybridized carbons (Fsp3) is 0.429. The number of carbonyl (C=O) groups is 1. The number of nitro benzene ring substituents is 1. The van der Waals surface area contributed by atoms with E-state index in [4.69, 9.17) is 0 Å². The summed E-state index contributed by atoms with van der Waals surface area (Å²) in [5.41, 5.74) is 3.21. The van der Waals surface area contributed by atoms with E-state index in [1.54, 1.807) is 12.1 Å². The number of benzene rings is 1. The predicted molar refractivity (Wildman–Crippen MR) is 80.3 cm³/mol. The van der Waals surface area contributed by atoms with E-state index in [1.807, 2.05) is 4.90 Å². The summed E-state index contributed by atoms with van der Waals surface area (Å²) < 4.78 is 0. The van der Waals surface area contributed by atoms with Crippen LogP contribution < -0.4 is 5.43 Å². The average molecular weight is 290 g/mol. The number of rotatable bonds is 4. The molecule has 1 N–H and O–H groups in total. The second kappa shape index (κ2) is 6.83. The number of likely N-dealkylation sites (tertiary alicyclic amines) is 1. The van der Waals surface area contributed by atoms with Gasteiger partial charge in [0.05, 0.1) is 10.6 Å². The third-order valence-corrected chi connectivity index (χ3v) is 3.32. The SMILES string of the molecule is CC(=O)C(=NNc1cccc([N+](=O)[O-])c1)N1CCCCC1. The van der Waals surface area contributed by atoms with Crippen molar-refractivity contribution in [3.63, 3.8) is 0 Å². The number of nitro groups is 1. The Morgan fingerprint density at radius 3 is 2.67 bits per heavy atom. The highest BCUT2D eigenvalue weighted by Gasteiger charge is 2.18. The molecule has 0 amide bonds. The molecular formula is C14H18N4O3. The van der Waals surface area contributed by atoms with Crippen molar-refractivity contribution < 1.29 is 9.72 Å². The molecule has 0 radical (unpaired) electrons. The minimum Gasteiger partial charge on any atom is -0.352 e. The standard InChI is InChI=1S/C14H18N4O3/c1-11(19)14(17-8-3-2-4-9-17)16-15-12-6-5-7-13(10-12)18(20)21/h5-7,10,15H,2-4,8-9H2,1H3. The summed E-state index contributed by atoms with van der Waals surface area (Å²) in [5, 5.41) is 14.9. The number of piperidine rings is 1. The highest BCUT2D eigenvalue weighted by atomic mass is 16.6. The van der Waals surface area contributed by atoms with Crippen molar-refractivity contribution in [2.45, 2.75) is 26.2 Å². The smallest absolute Gasteiger partial charge is 0.271 e. The Bertz CT molecular complexity index is 565. The van der Waals surface area contributed by atoms with Gasteiger partial charge in [-0.3, -0.25) is 20.3 Å². The van der Waals surface area contributed by atoms with Crippen LogP contribution in [-0.2, 0) is 4.79 Å². The Morgan fingerprint density at radius 1 is 1.33 bits per heavy atom. The van der Waals surface area contributed by atoms with E-state index in [0.717, 1.165) is 25.9 Å². The molecule has 0 spiro atoms. The molecule has 1 saturated heterocycles. The van der Waals surface area contributed by atoms with Gasteiger partial charge in [-0.1, -0.05) is 6.07 Å². The maximum atomic E-state index is 11.7. The van der Waals surface area contributed by atoms with Crippen LogP contribution >= 0.6 is 0 Å². The number of hydrogen-bond donors (Lipinski definition) is 1. The van der Waals surface area contributed by atoms with Crippen molar-refractivity contribution >= 4 is 23.0 Å². The molecule has 1 heterocycles. The first kappa shape index (κ1) is 15.0. The zero-order valence-electron chi connectivity index (χ0n) is 11.9. The van der Waals surface area contributed by atoms with Crippen molar-refractivity contribution in [1.29, 1.82) is 0 Å². The van der Waals surface area contributed by atoms with Gasteiger partial charge in [0.15, 0.2) is 11.6 Å². The van der Waals surface area contributed by atoms with E-state index in [-0.39, 0.29) is 11.5 Å². The summed E-state index contributed by atoms with van der Waals surface area (Å²) in [4.78, 5) is 23.9. The van der Waals surface area contributed by atoms with Crippen molar-refractivity contribution in [2.75, 3.05) is 18.5 Å². The fourth-order valence-electron chi connectivity index (χ4n) is 2.28. The van der Waals surface area contributed by atoms with Gasteiger partial charge in [-0.15, -0.1) is 0 Å². The van der Waals surface area contributed by atoms with Crippen LogP contribution in [0, 0.1) is 10.1 Å².